The summed E-state index contributed by atoms with van der Waals surface area (Å²) in [6.07, 6.45) is 0.685. The Hall–Kier alpha value is -1.16. The lowest BCUT2D eigenvalue weighted by molar-refractivity contribution is -0.149. The highest BCUT2D eigenvalue weighted by Gasteiger charge is 2.66. The van der Waals surface area contributed by atoms with Crippen LogP contribution in [0.5, 0.6) is 0 Å². The number of anilines is 1. The molecule has 3 fully saturated rings. The summed E-state index contributed by atoms with van der Waals surface area (Å²) >= 11 is 19.0. The summed E-state index contributed by atoms with van der Waals surface area (Å²) in [5, 5.41) is 3.18. The fourth-order valence-corrected chi connectivity index (χ4v) is 6.99. The van der Waals surface area contributed by atoms with E-state index in [1.807, 2.05) is 0 Å². The number of nitrogens with one attached hydrogen (secondary N) is 1. The van der Waals surface area contributed by atoms with Gasteiger partial charge in [-0.1, -0.05) is 55.1 Å². The van der Waals surface area contributed by atoms with Crippen LogP contribution in [-0.2, 0) is 23.9 Å². The molecule has 1 saturated heterocycles. The van der Waals surface area contributed by atoms with Crippen molar-refractivity contribution >= 4 is 84.4 Å². The van der Waals surface area contributed by atoms with Gasteiger partial charge in [-0.25, -0.2) is 0 Å². The summed E-state index contributed by atoms with van der Waals surface area (Å²) in [4.78, 5) is 51.1. The van der Waals surface area contributed by atoms with Crippen molar-refractivity contribution in [3.05, 3.63) is 28.2 Å². The number of esters is 1. The SMILES string of the molecule is O=C(COC(=O)CCN1C(=O)[C@@H]2[C@H]3C[C@@H]([C@H](Br)[C@@H]3Br)[C@@H]2C1=O)Nc1ccc(Cl)c(Cl)c1. The first-order chi connectivity index (χ1) is 14.7. The third kappa shape index (κ3) is 4.26. The number of carbonyl (C=O) groups excluding carboxylic acids is 4. The molecule has 166 valence electrons. The Morgan fingerprint density at radius 3 is 2.26 bits per heavy atom. The van der Waals surface area contributed by atoms with E-state index in [9.17, 15) is 19.2 Å². The van der Waals surface area contributed by atoms with Gasteiger partial charge in [0.15, 0.2) is 6.61 Å². The average molecular weight is 597 g/mol. The third-order valence-corrected chi connectivity index (χ3v) is 10.1. The molecule has 1 heterocycles. The number of fused-ring (bicyclic) bond motifs is 5. The predicted octanol–water partition coefficient (Wildman–Crippen LogP) is 3.64. The monoisotopic (exact) mass is 594 g/mol. The quantitative estimate of drug-likeness (QED) is 0.308. The van der Waals surface area contributed by atoms with E-state index in [1.54, 1.807) is 6.07 Å². The van der Waals surface area contributed by atoms with Crippen LogP contribution in [-0.4, -0.2) is 51.4 Å². The van der Waals surface area contributed by atoms with E-state index in [-0.39, 0.29) is 63.1 Å². The molecule has 4 rings (SSSR count). The Morgan fingerprint density at radius 1 is 1.06 bits per heavy atom. The maximum absolute atomic E-state index is 12.8. The van der Waals surface area contributed by atoms with Crippen molar-refractivity contribution in [3.63, 3.8) is 0 Å². The smallest absolute Gasteiger partial charge is 0.308 e. The van der Waals surface area contributed by atoms with Gasteiger partial charge in [0.25, 0.3) is 5.91 Å². The van der Waals surface area contributed by atoms with Crippen molar-refractivity contribution in [2.75, 3.05) is 18.5 Å². The van der Waals surface area contributed by atoms with Gasteiger partial charge in [-0.05, 0) is 36.5 Å². The molecule has 1 aromatic carbocycles. The molecule has 2 bridgehead atoms. The van der Waals surface area contributed by atoms with Gasteiger partial charge in [-0.2, -0.15) is 0 Å². The number of halogens is 4. The van der Waals surface area contributed by atoms with Gasteiger partial charge in [-0.15, -0.1) is 0 Å². The first-order valence-electron chi connectivity index (χ1n) is 9.73. The number of ether oxygens (including phenoxy) is 1. The van der Waals surface area contributed by atoms with E-state index in [0.29, 0.717) is 10.7 Å². The summed E-state index contributed by atoms with van der Waals surface area (Å²) in [6.45, 7) is -0.538. The van der Waals surface area contributed by atoms with E-state index >= 15 is 0 Å². The van der Waals surface area contributed by atoms with E-state index in [0.717, 1.165) is 6.42 Å². The van der Waals surface area contributed by atoms with Crippen molar-refractivity contribution in [1.29, 1.82) is 0 Å². The standard InChI is InChI=1S/C20H18Br2Cl2N2O5/c21-17-9-6-10(18(17)22)16-15(9)19(29)26(20(16)30)4-3-14(28)31-7-13(27)25-8-1-2-11(23)12(24)5-8/h1-2,5,9-10,15-18H,3-4,6-7H2,(H,25,27)/t9-,10-,15-,16+,17-,18+/m1/s1. The van der Waals surface area contributed by atoms with Gasteiger partial charge < -0.3 is 10.1 Å². The Bertz CT molecular complexity index is 929. The third-order valence-electron chi connectivity index (χ3n) is 6.19. The van der Waals surface area contributed by atoms with Crippen LogP contribution in [0.1, 0.15) is 12.8 Å². The molecule has 0 radical (unpaired) electrons. The van der Waals surface area contributed by atoms with E-state index in [1.165, 1.54) is 17.0 Å². The van der Waals surface area contributed by atoms with Crippen molar-refractivity contribution in [1.82, 2.24) is 4.90 Å². The lowest BCUT2D eigenvalue weighted by Crippen LogP contribution is -2.37. The highest BCUT2D eigenvalue weighted by atomic mass is 79.9. The Morgan fingerprint density at radius 2 is 1.68 bits per heavy atom. The molecule has 2 aliphatic carbocycles. The first-order valence-corrected chi connectivity index (χ1v) is 12.3. The van der Waals surface area contributed by atoms with Crippen LogP contribution in [0.15, 0.2) is 18.2 Å². The van der Waals surface area contributed by atoms with Crippen molar-refractivity contribution < 1.29 is 23.9 Å². The summed E-state index contributed by atoms with van der Waals surface area (Å²) < 4.78 is 4.97. The Kier molecular flexibility index (Phi) is 6.68. The number of nitrogens with zero attached hydrogens (tertiary/aromatic N) is 1. The van der Waals surface area contributed by atoms with E-state index < -0.39 is 18.5 Å². The minimum Gasteiger partial charge on any atom is -0.456 e. The minimum absolute atomic E-state index is 0.0444. The second kappa shape index (κ2) is 9.00. The average Bonchev–Trinajstić information content (AvgIpc) is 3.33. The molecule has 0 unspecified atom stereocenters. The molecule has 0 aromatic heterocycles. The maximum atomic E-state index is 12.8. The minimum atomic E-state index is -0.665. The molecule has 31 heavy (non-hydrogen) atoms. The normalized spacial score (nSPS) is 31.2. The number of likely N-dealkylation sites (tertiary alicyclic amines) is 1. The van der Waals surface area contributed by atoms with Crippen LogP contribution >= 0.6 is 55.1 Å². The number of hydrogen-bond donors (Lipinski definition) is 1. The van der Waals surface area contributed by atoms with Crippen LogP contribution in [0.25, 0.3) is 0 Å². The molecule has 0 spiro atoms. The van der Waals surface area contributed by atoms with Crippen LogP contribution in [0.2, 0.25) is 10.0 Å². The zero-order valence-electron chi connectivity index (χ0n) is 16.0. The predicted molar refractivity (Wildman–Crippen MR) is 121 cm³/mol. The van der Waals surface area contributed by atoms with Crippen molar-refractivity contribution in [3.8, 4) is 0 Å². The highest BCUT2D eigenvalue weighted by Crippen LogP contribution is 2.60. The van der Waals surface area contributed by atoms with Gasteiger partial charge in [-0.3, -0.25) is 24.1 Å². The summed E-state index contributed by atoms with van der Waals surface area (Å²) in [5.74, 6) is -2.02. The maximum Gasteiger partial charge on any atom is 0.308 e. The second-order valence-corrected chi connectivity index (χ2v) is 10.8. The first kappa shape index (κ1) is 23.0. The lowest BCUT2D eigenvalue weighted by atomic mass is 9.81. The zero-order valence-corrected chi connectivity index (χ0v) is 20.7. The van der Waals surface area contributed by atoms with Crippen LogP contribution in [0.4, 0.5) is 5.69 Å². The molecule has 1 aromatic rings. The summed E-state index contributed by atoms with van der Waals surface area (Å²) in [6, 6.07) is 4.58. The zero-order chi connectivity index (χ0) is 22.4. The van der Waals surface area contributed by atoms with Gasteiger partial charge in [0.1, 0.15) is 0 Å². The molecular weight excluding hydrogens is 579 g/mol. The Balaban J connectivity index is 1.26. The van der Waals surface area contributed by atoms with E-state index in [2.05, 4.69) is 37.2 Å². The molecule has 6 atom stereocenters. The van der Waals surface area contributed by atoms with Crippen LogP contribution < -0.4 is 5.32 Å². The molecule has 11 heteroatoms. The van der Waals surface area contributed by atoms with Gasteiger partial charge >= 0.3 is 5.97 Å². The van der Waals surface area contributed by atoms with Crippen molar-refractivity contribution in [2.24, 2.45) is 23.7 Å². The van der Waals surface area contributed by atoms with Gasteiger partial charge in [0, 0.05) is 21.9 Å². The molecule has 3 amide bonds. The molecule has 2 saturated carbocycles. The topological polar surface area (TPSA) is 92.8 Å². The molecule has 1 N–H and O–H groups in total. The number of hydrogen-bond acceptors (Lipinski definition) is 5. The van der Waals surface area contributed by atoms with E-state index in [4.69, 9.17) is 27.9 Å². The molecule has 1 aliphatic heterocycles. The van der Waals surface area contributed by atoms with Gasteiger partial charge in [0.2, 0.25) is 11.8 Å². The number of alkyl halides is 2. The number of imide groups is 1. The Labute approximate surface area is 205 Å². The second-order valence-electron chi connectivity index (χ2n) is 7.92. The number of benzene rings is 1. The van der Waals surface area contributed by atoms with Crippen LogP contribution in [0.3, 0.4) is 0 Å². The summed E-state index contributed by atoms with van der Waals surface area (Å²) in [7, 11) is 0. The number of amides is 3. The number of rotatable bonds is 6. The molecule has 3 aliphatic rings. The molecular formula is C20H18Br2Cl2N2O5. The van der Waals surface area contributed by atoms with Gasteiger partial charge in [0.05, 0.1) is 28.3 Å². The lowest BCUT2D eigenvalue weighted by Gasteiger charge is -2.28. The largest absolute Gasteiger partial charge is 0.456 e. The highest BCUT2D eigenvalue weighted by molar-refractivity contribution is 9.12. The molecule has 7 nitrogen and oxygen atoms in total. The fourth-order valence-electron chi connectivity index (χ4n) is 4.82. The van der Waals surface area contributed by atoms with Crippen LogP contribution in [0, 0.1) is 23.7 Å². The summed E-state index contributed by atoms with van der Waals surface area (Å²) in [5.41, 5.74) is 0.417. The van der Waals surface area contributed by atoms with Crippen molar-refractivity contribution in [2.45, 2.75) is 22.5 Å². The number of carbonyl (C=O) groups is 4. The fraction of sp³-hybridized carbons (Fsp3) is 0.500.